The normalized spacial score (nSPS) is 13.9. The summed E-state index contributed by atoms with van der Waals surface area (Å²) in [6.45, 7) is 6.60. The standard InChI is InChI=1S/C26H34N4O3/c1-3-4-14-27-25(32)20-8-10-22(11-9-20)29-24(31)18-28-23-7-5-6-21(17-23)26(33)30-15-12-19(2)13-16-30/h5-11,17,19,28H,3-4,12-16,18H2,1-2H3,(H,27,32)(H,29,31). The lowest BCUT2D eigenvalue weighted by Crippen LogP contribution is -2.37. The quantitative estimate of drug-likeness (QED) is 0.501. The number of hydrogen-bond donors (Lipinski definition) is 3. The van der Waals surface area contributed by atoms with E-state index in [0.29, 0.717) is 29.3 Å². The zero-order valence-electron chi connectivity index (χ0n) is 19.5. The SMILES string of the molecule is CCCCNC(=O)c1ccc(NC(=O)CNc2cccc(C(=O)N3CCC(C)CC3)c2)cc1. The summed E-state index contributed by atoms with van der Waals surface area (Å²) in [6.07, 6.45) is 4.04. The number of likely N-dealkylation sites (tertiary alicyclic amines) is 1. The summed E-state index contributed by atoms with van der Waals surface area (Å²) in [5.41, 5.74) is 2.53. The van der Waals surface area contributed by atoms with Crippen LogP contribution < -0.4 is 16.0 Å². The van der Waals surface area contributed by atoms with Crippen LogP contribution in [0.25, 0.3) is 0 Å². The number of benzene rings is 2. The molecule has 0 radical (unpaired) electrons. The second-order valence-electron chi connectivity index (χ2n) is 8.64. The predicted octanol–water partition coefficient (Wildman–Crippen LogP) is 4.14. The first-order valence-corrected chi connectivity index (χ1v) is 11.8. The highest BCUT2D eigenvalue weighted by molar-refractivity contribution is 5.97. The van der Waals surface area contributed by atoms with Crippen molar-refractivity contribution in [2.75, 3.05) is 36.8 Å². The third-order valence-corrected chi connectivity index (χ3v) is 5.88. The summed E-state index contributed by atoms with van der Waals surface area (Å²) in [5.74, 6) is 0.377. The molecule has 0 bridgehead atoms. The van der Waals surface area contributed by atoms with E-state index in [9.17, 15) is 14.4 Å². The lowest BCUT2D eigenvalue weighted by Gasteiger charge is -2.30. The molecule has 7 heteroatoms. The molecule has 3 amide bonds. The van der Waals surface area contributed by atoms with E-state index in [0.717, 1.165) is 44.5 Å². The zero-order valence-corrected chi connectivity index (χ0v) is 19.5. The van der Waals surface area contributed by atoms with E-state index in [1.807, 2.05) is 23.1 Å². The topological polar surface area (TPSA) is 90.5 Å². The van der Waals surface area contributed by atoms with Gasteiger partial charge in [0.1, 0.15) is 0 Å². The molecule has 2 aromatic carbocycles. The first kappa shape index (κ1) is 24.3. The summed E-state index contributed by atoms with van der Waals surface area (Å²) in [4.78, 5) is 39.1. The molecule has 0 aliphatic carbocycles. The highest BCUT2D eigenvalue weighted by Gasteiger charge is 2.21. The number of nitrogens with zero attached hydrogens (tertiary/aromatic N) is 1. The molecule has 1 heterocycles. The van der Waals surface area contributed by atoms with Gasteiger partial charge < -0.3 is 20.9 Å². The molecule has 1 saturated heterocycles. The van der Waals surface area contributed by atoms with Crippen LogP contribution in [0.5, 0.6) is 0 Å². The molecule has 0 atom stereocenters. The van der Waals surface area contributed by atoms with Gasteiger partial charge in [-0.1, -0.05) is 26.3 Å². The Kier molecular flexibility index (Phi) is 8.87. The van der Waals surface area contributed by atoms with Gasteiger partial charge in [0.15, 0.2) is 0 Å². The van der Waals surface area contributed by atoms with Gasteiger partial charge in [-0.25, -0.2) is 0 Å². The number of piperidine rings is 1. The smallest absolute Gasteiger partial charge is 0.253 e. The van der Waals surface area contributed by atoms with Crippen LogP contribution in [-0.4, -0.2) is 48.8 Å². The van der Waals surface area contributed by atoms with Crippen molar-refractivity contribution in [2.45, 2.75) is 39.5 Å². The highest BCUT2D eigenvalue weighted by Crippen LogP contribution is 2.19. The van der Waals surface area contributed by atoms with Gasteiger partial charge in [-0.3, -0.25) is 14.4 Å². The fourth-order valence-corrected chi connectivity index (χ4v) is 3.73. The van der Waals surface area contributed by atoms with E-state index in [2.05, 4.69) is 29.8 Å². The lowest BCUT2D eigenvalue weighted by atomic mass is 9.98. The minimum Gasteiger partial charge on any atom is -0.376 e. The van der Waals surface area contributed by atoms with Gasteiger partial charge >= 0.3 is 0 Å². The molecule has 1 aliphatic heterocycles. The summed E-state index contributed by atoms with van der Waals surface area (Å²) in [7, 11) is 0. The zero-order chi connectivity index (χ0) is 23.6. The average Bonchev–Trinajstić information content (AvgIpc) is 2.83. The predicted molar refractivity (Wildman–Crippen MR) is 132 cm³/mol. The van der Waals surface area contributed by atoms with Gasteiger partial charge in [0, 0.05) is 42.1 Å². The van der Waals surface area contributed by atoms with Gasteiger partial charge in [0.05, 0.1) is 6.54 Å². The Labute approximate surface area is 195 Å². The molecule has 3 rings (SSSR count). The third-order valence-electron chi connectivity index (χ3n) is 5.88. The maximum atomic E-state index is 12.8. The van der Waals surface area contributed by atoms with Gasteiger partial charge in [0.25, 0.3) is 11.8 Å². The van der Waals surface area contributed by atoms with E-state index in [1.54, 1.807) is 30.3 Å². The fraction of sp³-hybridized carbons (Fsp3) is 0.423. The molecule has 0 aromatic heterocycles. The van der Waals surface area contributed by atoms with E-state index < -0.39 is 0 Å². The Morgan fingerprint density at radius 3 is 2.39 bits per heavy atom. The first-order chi connectivity index (χ1) is 16.0. The van der Waals surface area contributed by atoms with Crippen LogP contribution in [-0.2, 0) is 4.79 Å². The molecule has 33 heavy (non-hydrogen) atoms. The number of nitrogens with one attached hydrogen (secondary N) is 3. The molecule has 3 N–H and O–H groups in total. The number of unbranched alkanes of at least 4 members (excludes halogenated alkanes) is 1. The summed E-state index contributed by atoms with van der Waals surface area (Å²) in [6, 6.07) is 14.1. The maximum Gasteiger partial charge on any atom is 0.253 e. The summed E-state index contributed by atoms with van der Waals surface area (Å²) < 4.78 is 0. The molecule has 1 fully saturated rings. The molecule has 2 aromatic rings. The Morgan fingerprint density at radius 1 is 0.970 bits per heavy atom. The summed E-state index contributed by atoms with van der Waals surface area (Å²) in [5, 5.41) is 8.77. The monoisotopic (exact) mass is 450 g/mol. The summed E-state index contributed by atoms with van der Waals surface area (Å²) >= 11 is 0. The van der Waals surface area contributed by atoms with Crippen LogP contribution in [0.3, 0.4) is 0 Å². The fourth-order valence-electron chi connectivity index (χ4n) is 3.73. The van der Waals surface area contributed by atoms with Crippen LogP contribution >= 0.6 is 0 Å². The Hall–Kier alpha value is -3.35. The number of carbonyl (C=O) groups is 3. The van der Waals surface area contributed by atoms with E-state index in [1.165, 1.54) is 0 Å². The van der Waals surface area contributed by atoms with E-state index in [-0.39, 0.29) is 24.3 Å². The Bertz CT molecular complexity index is 950. The van der Waals surface area contributed by atoms with Crippen LogP contribution in [0.1, 0.15) is 60.2 Å². The van der Waals surface area contributed by atoms with Gasteiger partial charge in [-0.2, -0.15) is 0 Å². The number of anilines is 2. The molecule has 176 valence electrons. The van der Waals surface area contributed by atoms with Crippen LogP contribution in [0.15, 0.2) is 48.5 Å². The molecule has 7 nitrogen and oxygen atoms in total. The van der Waals surface area contributed by atoms with E-state index >= 15 is 0 Å². The van der Waals surface area contributed by atoms with Crippen molar-refractivity contribution in [1.29, 1.82) is 0 Å². The Balaban J connectivity index is 1.48. The average molecular weight is 451 g/mol. The van der Waals surface area contributed by atoms with E-state index in [4.69, 9.17) is 0 Å². The van der Waals surface area contributed by atoms with Crippen LogP contribution in [0.2, 0.25) is 0 Å². The second-order valence-corrected chi connectivity index (χ2v) is 8.64. The number of carbonyl (C=O) groups excluding carboxylic acids is 3. The lowest BCUT2D eigenvalue weighted by molar-refractivity contribution is -0.114. The van der Waals surface area contributed by atoms with Gasteiger partial charge in [0.2, 0.25) is 5.91 Å². The largest absolute Gasteiger partial charge is 0.376 e. The third kappa shape index (κ3) is 7.34. The van der Waals surface area contributed by atoms with Crippen molar-refractivity contribution in [2.24, 2.45) is 5.92 Å². The molecule has 1 aliphatic rings. The first-order valence-electron chi connectivity index (χ1n) is 11.8. The molecular formula is C26H34N4O3. The van der Waals surface area contributed by atoms with Crippen molar-refractivity contribution >= 4 is 29.1 Å². The molecule has 0 unspecified atom stereocenters. The number of amides is 3. The van der Waals surface area contributed by atoms with Crippen molar-refractivity contribution in [3.05, 3.63) is 59.7 Å². The maximum absolute atomic E-state index is 12.8. The van der Waals surface area contributed by atoms with Gasteiger partial charge in [-0.05, 0) is 67.6 Å². The number of rotatable bonds is 9. The second kappa shape index (κ2) is 12.0. The Morgan fingerprint density at radius 2 is 1.70 bits per heavy atom. The molecule has 0 saturated carbocycles. The number of hydrogen-bond acceptors (Lipinski definition) is 4. The minimum absolute atomic E-state index is 0.0359. The molecule has 0 spiro atoms. The van der Waals surface area contributed by atoms with Crippen molar-refractivity contribution in [3.8, 4) is 0 Å². The van der Waals surface area contributed by atoms with Crippen molar-refractivity contribution in [1.82, 2.24) is 10.2 Å². The minimum atomic E-state index is -0.211. The van der Waals surface area contributed by atoms with Crippen LogP contribution in [0, 0.1) is 5.92 Å². The highest BCUT2D eigenvalue weighted by atomic mass is 16.2. The van der Waals surface area contributed by atoms with Crippen molar-refractivity contribution < 1.29 is 14.4 Å². The molecular weight excluding hydrogens is 416 g/mol. The van der Waals surface area contributed by atoms with Crippen molar-refractivity contribution in [3.63, 3.8) is 0 Å². The van der Waals surface area contributed by atoms with Gasteiger partial charge in [-0.15, -0.1) is 0 Å². The van der Waals surface area contributed by atoms with Crippen LogP contribution in [0.4, 0.5) is 11.4 Å².